The van der Waals surface area contributed by atoms with Gasteiger partial charge >= 0.3 is 5.97 Å². The van der Waals surface area contributed by atoms with Crippen LogP contribution in [0.5, 0.6) is 5.75 Å². The second-order valence-electron chi connectivity index (χ2n) is 6.60. The molecular formula is C16H22ClNO2S. The van der Waals surface area contributed by atoms with Gasteiger partial charge in [-0.05, 0) is 62.1 Å². The van der Waals surface area contributed by atoms with Crippen LogP contribution in [0.15, 0.2) is 16.8 Å². The Labute approximate surface area is 136 Å². The second kappa shape index (κ2) is 5.90. The van der Waals surface area contributed by atoms with E-state index in [4.69, 9.17) is 4.74 Å². The van der Waals surface area contributed by atoms with Gasteiger partial charge in [0.1, 0.15) is 5.75 Å². The average molecular weight is 328 g/mol. The minimum Gasteiger partial charge on any atom is -0.425 e. The highest BCUT2D eigenvalue weighted by molar-refractivity contribution is 7.08. The Kier molecular flexibility index (Phi) is 4.30. The van der Waals surface area contributed by atoms with Crippen LogP contribution in [0, 0.1) is 17.3 Å². The van der Waals surface area contributed by atoms with Crippen molar-refractivity contribution in [1.82, 2.24) is 4.90 Å². The average Bonchev–Trinajstić information content (AvgIpc) is 2.92. The highest BCUT2D eigenvalue weighted by atomic mass is 35.5. The molecule has 4 heterocycles. The minimum atomic E-state index is -0.175. The summed E-state index contributed by atoms with van der Waals surface area (Å²) in [5, 5.41) is 3.88. The number of piperidine rings is 3. The third-order valence-electron chi connectivity index (χ3n) is 5.72. The molecule has 116 valence electrons. The monoisotopic (exact) mass is 327 g/mol. The molecule has 4 fully saturated rings. The van der Waals surface area contributed by atoms with Gasteiger partial charge in [0.05, 0.1) is 5.41 Å². The zero-order chi connectivity index (χ0) is 13.6. The molecule has 1 atom stereocenters. The third kappa shape index (κ3) is 2.51. The van der Waals surface area contributed by atoms with Crippen molar-refractivity contribution in [1.29, 1.82) is 0 Å². The molecule has 0 amide bonds. The number of carbonyl (C=O) groups excluding carboxylic acids is 1. The zero-order valence-corrected chi connectivity index (χ0v) is 13.8. The summed E-state index contributed by atoms with van der Waals surface area (Å²) in [5.74, 6) is 2.05. The molecule has 3 saturated heterocycles. The lowest BCUT2D eigenvalue weighted by Gasteiger charge is -2.55. The van der Waals surface area contributed by atoms with Gasteiger partial charge < -0.3 is 9.64 Å². The summed E-state index contributed by atoms with van der Waals surface area (Å²) in [7, 11) is 0. The maximum Gasteiger partial charge on any atom is 0.317 e. The van der Waals surface area contributed by atoms with E-state index in [1.54, 1.807) is 11.3 Å². The van der Waals surface area contributed by atoms with Gasteiger partial charge in [-0.25, -0.2) is 0 Å². The molecule has 1 aromatic rings. The summed E-state index contributed by atoms with van der Waals surface area (Å²) >= 11 is 1.58. The molecular weight excluding hydrogens is 306 g/mol. The first kappa shape index (κ1) is 15.3. The van der Waals surface area contributed by atoms with Crippen LogP contribution in [0.4, 0.5) is 0 Å². The van der Waals surface area contributed by atoms with Gasteiger partial charge in [0.15, 0.2) is 0 Å². The standard InChI is InChI=1S/C16H21NO2S.ClH/c18-15(19-13-4-9-20-11-13)16(5-1-6-16)14-10-17-7-2-12(14)3-8-17;/h4,9,11-12,14H,1-3,5-8,10H2;1H. The topological polar surface area (TPSA) is 29.5 Å². The van der Waals surface area contributed by atoms with Crippen LogP contribution < -0.4 is 4.74 Å². The van der Waals surface area contributed by atoms with Gasteiger partial charge in [-0.2, -0.15) is 0 Å². The summed E-state index contributed by atoms with van der Waals surface area (Å²) in [5.41, 5.74) is -0.175. The summed E-state index contributed by atoms with van der Waals surface area (Å²) in [6.07, 6.45) is 5.80. The highest BCUT2D eigenvalue weighted by Crippen LogP contribution is 2.54. The van der Waals surface area contributed by atoms with Crippen LogP contribution in [-0.2, 0) is 4.79 Å². The first-order valence-electron chi connectivity index (χ1n) is 7.75. The molecule has 3 nitrogen and oxygen atoms in total. The molecule has 0 radical (unpaired) electrons. The van der Waals surface area contributed by atoms with Crippen molar-refractivity contribution >= 4 is 29.7 Å². The Hall–Kier alpha value is -0.580. The molecule has 0 spiro atoms. The maximum absolute atomic E-state index is 12.8. The molecule has 4 aliphatic rings. The quantitative estimate of drug-likeness (QED) is 0.795. The summed E-state index contributed by atoms with van der Waals surface area (Å²) in [6.45, 7) is 3.58. The Morgan fingerprint density at radius 3 is 2.57 bits per heavy atom. The maximum atomic E-state index is 12.8. The van der Waals surface area contributed by atoms with E-state index in [1.807, 2.05) is 16.8 Å². The number of hydrogen-bond donors (Lipinski definition) is 0. The third-order valence-corrected chi connectivity index (χ3v) is 6.39. The molecule has 0 aromatic carbocycles. The molecule has 1 saturated carbocycles. The minimum absolute atomic E-state index is 0. The number of esters is 1. The molecule has 2 bridgehead atoms. The Balaban J connectivity index is 0.00000132. The van der Waals surface area contributed by atoms with E-state index in [1.165, 1.54) is 32.4 Å². The Morgan fingerprint density at radius 1 is 1.33 bits per heavy atom. The Bertz CT molecular complexity index is 492. The number of rotatable bonds is 3. The zero-order valence-electron chi connectivity index (χ0n) is 12.1. The summed E-state index contributed by atoms with van der Waals surface area (Å²) in [6, 6.07) is 1.89. The van der Waals surface area contributed by atoms with Crippen LogP contribution in [-0.4, -0.2) is 30.5 Å². The summed E-state index contributed by atoms with van der Waals surface area (Å²) < 4.78 is 5.68. The van der Waals surface area contributed by atoms with Crippen LogP contribution in [0.1, 0.15) is 32.1 Å². The molecule has 1 aliphatic carbocycles. The van der Waals surface area contributed by atoms with E-state index in [9.17, 15) is 4.79 Å². The number of halogens is 1. The lowest BCUT2D eigenvalue weighted by Crippen LogP contribution is -2.58. The van der Waals surface area contributed by atoms with Crippen molar-refractivity contribution in [2.75, 3.05) is 19.6 Å². The predicted molar refractivity (Wildman–Crippen MR) is 86.1 cm³/mol. The first-order valence-corrected chi connectivity index (χ1v) is 8.69. The normalized spacial score (nSPS) is 32.9. The predicted octanol–water partition coefficient (Wildman–Crippen LogP) is 3.59. The van der Waals surface area contributed by atoms with Crippen molar-refractivity contribution < 1.29 is 9.53 Å². The first-order chi connectivity index (χ1) is 9.78. The van der Waals surface area contributed by atoms with E-state index in [0.717, 1.165) is 31.1 Å². The lowest BCUT2D eigenvalue weighted by atomic mass is 9.55. The van der Waals surface area contributed by atoms with E-state index in [-0.39, 0.29) is 23.8 Å². The van der Waals surface area contributed by atoms with Crippen LogP contribution >= 0.6 is 23.7 Å². The molecule has 0 N–H and O–H groups in total. The van der Waals surface area contributed by atoms with Crippen molar-refractivity contribution in [2.45, 2.75) is 32.1 Å². The SMILES string of the molecule is Cl.O=C(Oc1ccsc1)C1(C2CN3CCC2CC3)CCC1. The van der Waals surface area contributed by atoms with Crippen LogP contribution in [0.2, 0.25) is 0 Å². The fraction of sp³-hybridized carbons (Fsp3) is 0.688. The van der Waals surface area contributed by atoms with Gasteiger partial charge in [0, 0.05) is 11.9 Å². The van der Waals surface area contributed by atoms with Crippen molar-refractivity contribution in [3.8, 4) is 5.75 Å². The lowest BCUT2D eigenvalue weighted by molar-refractivity contribution is -0.165. The number of carbonyl (C=O) groups is 1. The smallest absolute Gasteiger partial charge is 0.317 e. The second-order valence-corrected chi connectivity index (χ2v) is 7.38. The molecule has 1 aromatic heterocycles. The highest BCUT2D eigenvalue weighted by Gasteiger charge is 2.56. The van der Waals surface area contributed by atoms with Crippen molar-refractivity contribution in [3.63, 3.8) is 0 Å². The van der Waals surface area contributed by atoms with E-state index in [0.29, 0.717) is 5.92 Å². The number of fused-ring (bicyclic) bond motifs is 3. The fourth-order valence-electron chi connectivity index (χ4n) is 4.39. The molecule has 3 aliphatic heterocycles. The Morgan fingerprint density at radius 2 is 2.10 bits per heavy atom. The van der Waals surface area contributed by atoms with Gasteiger partial charge in [-0.15, -0.1) is 23.7 Å². The van der Waals surface area contributed by atoms with Gasteiger partial charge in [0.2, 0.25) is 0 Å². The number of nitrogens with zero attached hydrogens (tertiary/aromatic N) is 1. The molecule has 5 rings (SSSR count). The van der Waals surface area contributed by atoms with E-state index >= 15 is 0 Å². The van der Waals surface area contributed by atoms with Crippen LogP contribution in [0.25, 0.3) is 0 Å². The number of ether oxygens (including phenoxy) is 1. The van der Waals surface area contributed by atoms with Gasteiger partial charge in [0.25, 0.3) is 0 Å². The molecule has 5 heteroatoms. The van der Waals surface area contributed by atoms with Gasteiger partial charge in [-0.3, -0.25) is 4.79 Å². The van der Waals surface area contributed by atoms with E-state index < -0.39 is 0 Å². The number of hydrogen-bond acceptors (Lipinski definition) is 4. The fourth-order valence-corrected chi connectivity index (χ4v) is 4.95. The van der Waals surface area contributed by atoms with Crippen molar-refractivity contribution in [2.24, 2.45) is 17.3 Å². The van der Waals surface area contributed by atoms with E-state index in [2.05, 4.69) is 4.90 Å². The van der Waals surface area contributed by atoms with Crippen LogP contribution in [0.3, 0.4) is 0 Å². The summed E-state index contributed by atoms with van der Waals surface area (Å²) in [4.78, 5) is 15.3. The van der Waals surface area contributed by atoms with Crippen molar-refractivity contribution in [3.05, 3.63) is 16.8 Å². The number of thiophene rings is 1. The molecule has 1 unspecified atom stereocenters. The van der Waals surface area contributed by atoms with Gasteiger partial charge in [-0.1, -0.05) is 6.42 Å². The largest absolute Gasteiger partial charge is 0.425 e. The molecule has 21 heavy (non-hydrogen) atoms.